The Kier molecular flexibility index (Phi) is 6.34. The number of likely N-dealkylation sites (tertiary alicyclic amines) is 1. The third-order valence-electron chi connectivity index (χ3n) is 5.85. The zero-order chi connectivity index (χ0) is 20.3. The minimum absolute atomic E-state index is 0.0807. The Morgan fingerprint density at radius 2 is 1.79 bits per heavy atom. The summed E-state index contributed by atoms with van der Waals surface area (Å²) in [5, 5.41) is 0. The van der Waals surface area contributed by atoms with Crippen molar-refractivity contribution in [3.05, 3.63) is 48.5 Å². The molecule has 4 rings (SSSR count). The van der Waals surface area contributed by atoms with Crippen LogP contribution in [0.25, 0.3) is 0 Å². The Morgan fingerprint density at radius 3 is 2.45 bits per heavy atom. The molecule has 2 heterocycles. The number of hydrogen-bond donors (Lipinski definition) is 0. The van der Waals surface area contributed by atoms with Gasteiger partial charge in [-0.2, -0.15) is 4.31 Å². The molecule has 1 saturated heterocycles. The fourth-order valence-electron chi connectivity index (χ4n) is 4.15. The van der Waals surface area contributed by atoms with Crippen molar-refractivity contribution in [3.63, 3.8) is 0 Å². The molecule has 2 aliphatic rings. The average Bonchev–Trinajstić information content (AvgIpc) is 3.47. The van der Waals surface area contributed by atoms with Gasteiger partial charge in [-0.3, -0.25) is 4.90 Å². The van der Waals surface area contributed by atoms with Gasteiger partial charge >= 0.3 is 0 Å². The third-order valence-corrected chi connectivity index (χ3v) is 7.86. The fourth-order valence-corrected chi connectivity index (χ4v) is 6.10. The topological polar surface area (TPSA) is 67.7 Å². The van der Waals surface area contributed by atoms with E-state index in [0.717, 1.165) is 57.7 Å². The number of benzene rings is 1. The van der Waals surface area contributed by atoms with E-state index in [1.165, 1.54) is 0 Å². The van der Waals surface area contributed by atoms with Gasteiger partial charge in [0, 0.05) is 51.2 Å². The lowest BCUT2D eigenvalue weighted by Gasteiger charge is -2.38. The number of nitrogens with zero attached hydrogens (tertiary/aromatic N) is 4. The summed E-state index contributed by atoms with van der Waals surface area (Å²) in [5.41, 5.74) is 0. The molecule has 0 amide bonds. The van der Waals surface area contributed by atoms with Crippen molar-refractivity contribution in [1.82, 2.24) is 18.8 Å². The molecule has 0 atom stereocenters. The molecule has 0 radical (unpaired) electrons. The number of hydrogen-bond acceptors (Lipinski definition) is 5. The number of rotatable bonds is 9. The Morgan fingerprint density at radius 1 is 1.10 bits per heavy atom. The average molecular weight is 419 g/mol. The standard InChI is InChI=1S/C21H30N4O3S/c1-28-16-15-24-14-11-22-21(24)17-23-12-9-19(10-13-23)25(18-7-8-18)29(26,27)20-5-3-2-4-6-20/h2-6,11,14,18-19H,7-10,12-13,15-17H2,1H3. The second-order valence-electron chi connectivity index (χ2n) is 7.92. The summed E-state index contributed by atoms with van der Waals surface area (Å²) >= 11 is 0. The first-order chi connectivity index (χ1) is 14.1. The third kappa shape index (κ3) is 4.71. The van der Waals surface area contributed by atoms with Crippen LogP contribution < -0.4 is 0 Å². The van der Waals surface area contributed by atoms with Crippen molar-refractivity contribution in [2.24, 2.45) is 0 Å². The van der Waals surface area contributed by atoms with Crippen molar-refractivity contribution < 1.29 is 13.2 Å². The lowest BCUT2D eigenvalue weighted by Crippen LogP contribution is -2.48. The Hall–Kier alpha value is -1.74. The molecule has 1 aromatic heterocycles. The van der Waals surface area contributed by atoms with E-state index < -0.39 is 10.0 Å². The van der Waals surface area contributed by atoms with E-state index >= 15 is 0 Å². The highest BCUT2D eigenvalue weighted by atomic mass is 32.2. The summed E-state index contributed by atoms with van der Waals surface area (Å²) in [6.45, 7) is 4.02. The number of sulfonamides is 1. The van der Waals surface area contributed by atoms with Gasteiger partial charge in [0.1, 0.15) is 5.82 Å². The molecule has 8 heteroatoms. The predicted octanol–water partition coefficient (Wildman–Crippen LogP) is 2.35. The quantitative estimate of drug-likeness (QED) is 0.625. The lowest BCUT2D eigenvalue weighted by molar-refractivity contribution is 0.144. The molecular formula is C21H30N4O3S. The zero-order valence-corrected chi connectivity index (χ0v) is 17.8. The van der Waals surface area contributed by atoms with Crippen molar-refractivity contribution >= 4 is 10.0 Å². The van der Waals surface area contributed by atoms with E-state index in [4.69, 9.17) is 4.74 Å². The molecule has 1 aromatic carbocycles. The van der Waals surface area contributed by atoms with Crippen LogP contribution in [0.15, 0.2) is 47.6 Å². The van der Waals surface area contributed by atoms with E-state index in [2.05, 4.69) is 14.5 Å². The van der Waals surface area contributed by atoms with E-state index in [1.54, 1.807) is 31.4 Å². The van der Waals surface area contributed by atoms with Crippen LogP contribution in [0, 0.1) is 0 Å². The van der Waals surface area contributed by atoms with Gasteiger partial charge < -0.3 is 9.30 Å². The van der Waals surface area contributed by atoms with Gasteiger partial charge in [0.15, 0.2) is 0 Å². The van der Waals surface area contributed by atoms with Crippen LogP contribution in [0.2, 0.25) is 0 Å². The zero-order valence-electron chi connectivity index (χ0n) is 17.0. The van der Waals surface area contributed by atoms with Crippen LogP contribution >= 0.6 is 0 Å². The molecule has 158 valence electrons. The van der Waals surface area contributed by atoms with Crippen molar-refractivity contribution in [2.45, 2.75) is 55.8 Å². The molecule has 2 fully saturated rings. The lowest BCUT2D eigenvalue weighted by atomic mass is 10.0. The summed E-state index contributed by atoms with van der Waals surface area (Å²) in [6.07, 6.45) is 7.50. The predicted molar refractivity (Wildman–Crippen MR) is 111 cm³/mol. The van der Waals surface area contributed by atoms with Crippen molar-refractivity contribution in [1.29, 1.82) is 0 Å². The minimum Gasteiger partial charge on any atom is -0.383 e. The SMILES string of the molecule is COCCn1ccnc1CN1CCC(N(C2CC2)S(=O)(=O)c2ccccc2)CC1. The maximum atomic E-state index is 13.3. The molecule has 29 heavy (non-hydrogen) atoms. The maximum absolute atomic E-state index is 13.3. The Balaban J connectivity index is 1.40. The first-order valence-corrected chi connectivity index (χ1v) is 11.8. The maximum Gasteiger partial charge on any atom is 0.243 e. The van der Waals surface area contributed by atoms with Gasteiger partial charge in [-0.1, -0.05) is 18.2 Å². The highest BCUT2D eigenvalue weighted by molar-refractivity contribution is 7.89. The van der Waals surface area contributed by atoms with E-state index in [0.29, 0.717) is 11.5 Å². The molecule has 0 spiro atoms. The number of piperidine rings is 1. The summed E-state index contributed by atoms with van der Waals surface area (Å²) in [4.78, 5) is 7.28. The van der Waals surface area contributed by atoms with E-state index in [9.17, 15) is 8.42 Å². The van der Waals surface area contributed by atoms with Crippen molar-refractivity contribution in [2.75, 3.05) is 26.8 Å². The van der Waals surface area contributed by atoms with E-state index in [1.807, 2.05) is 22.8 Å². The largest absolute Gasteiger partial charge is 0.383 e. The first-order valence-electron chi connectivity index (χ1n) is 10.4. The normalized spacial score (nSPS) is 19.1. The van der Waals surface area contributed by atoms with Gasteiger partial charge in [0.05, 0.1) is 18.0 Å². The van der Waals surface area contributed by atoms with Gasteiger partial charge in [-0.05, 0) is 37.8 Å². The molecule has 2 aromatic rings. The summed E-state index contributed by atoms with van der Waals surface area (Å²) in [7, 11) is -1.73. The van der Waals surface area contributed by atoms with Crippen LogP contribution in [0.3, 0.4) is 0 Å². The summed E-state index contributed by atoms with van der Waals surface area (Å²) in [5.74, 6) is 1.04. The highest BCUT2D eigenvalue weighted by Crippen LogP contribution is 2.36. The summed E-state index contributed by atoms with van der Waals surface area (Å²) < 4.78 is 35.7. The monoisotopic (exact) mass is 418 g/mol. The molecule has 0 bridgehead atoms. The van der Waals surface area contributed by atoms with Crippen LogP contribution in [0.4, 0.5) is 0 Å². The molecule has 0 unspecified atom stereocenters. The molecule has 1 aliphatic heterocycles. The second-order valence-corrected chi connectivity index (χ2v) is 9.76. The molecule has 1 aliphatic carbocycles. The Bertz CT molecular complexity index is 888. The van der Waals surface area contributed by atoms with Crippen molar-refractivity contribution in [3.8, 4) is 0 Å². The van der Waals surface area contributed by atoms with Crippen LogP contribution in [-0.4, -0.2) is 66.1 Å². The fraction of sp³-hybridized carbons (Fsp3) is 0.571. The number of methoxy groups -OCH3 is 1. The van der Waals surface area contributed by atoms with Crippen LogP contribution in [0.5, 0.6) is 0 Å². The molecule has 7 nitrogen and oxygen atoms in total. The number of imidazole rings is 1. The van der Waals surface area contributed by atoms with E-state index in [-0.39, 0.29) is 12.1 Å². The molecule has 0 N–H and O–H groups in total. The van der Waals surface area contributed by atoms with Gasteiger partial charge in [-0.15, -0.1) is 0 Å². The number of ether oxygens (including phenoxy) is 1. The second kappa shape index (κ2) is 8.95. The Labute approximate surface area is 173 Å². The minimum atomic E-state index is -3.44. The smallest absolute Gasteiger partial charge is 0.243 e. The summed E-state index contributed by atoms with van der Waals surface area (Å²) in [6, 6.07) is 9.12. The van der Waals surface area contributed by atoms with Gasteiger partial charge in [-0.25, -0.2) is 13.4 Å². The highest BCUT2D eigenvalue weighted by Gasteiger charge is 2.43. The van der Waals surface area contributed by atoms with Gasteiger partial charge in [0.25, 0.3) is 0 Å². The molecular weight excluding hydrogens is 388 g/mol. The molecule has 1 saturated carbocycles. The first kappa shape index (κ1) is 20.5. The van der Waals surface area contributed by atoms with Gasteiger partial charge in [0.2, 0.25) is 10.0 Å². The van der Waals surface area contributed by atoms with Crippen LogP contribution in [-0.2, 0) is 27.8 Å². The van der Waals surface area contributed by atoms with Crippen LogP contribution in [0.1, 0.15) is 31.5 Å². The number of aromatic nitrogens is 2.